The van der Waals surface area contributed by atoms with Gasteiger partial charge in [-0.1, -0.05) is 25.1 Å². The molecule has 0 heterocycles. The maximum absolute atomic E-state index is 10.7. The topological polar surface area (TPSA) is 55.5 Å². The first-order valence-corrected chi connectivity index (χ1v) is 6.37. The molecule has 0 bridgehead atoms. The highest BCUT2D eigenvalue weighted by Gasteiger charge is 2.45. The zero-order valence-electron chi connectivity index (χ0n) is 10.4. The van der Waals surface area contributed by atoms with Gasteiger partial charge in [0.1, 0.15) is 11.4 Å². The summed E-state index contributed by atoms with van der Waals surface area (Å²) in [5, 5.41) is 10.7. The summed E-state index contributed by atoms with van der Waals surface area (Å²) in [5.74, 6) is 1.06. The molecule has 1 aliphatic rings. The van der Waals surface area contributed by atoms with Crippen LogP contribution in [0.2, 0.25) is 0 Å². The van der Waals surface area contributed by atoms with Crippen molar-refractivity contribution in [2.75, 3.05) is 13.2 Å². The lowest BCUT2D eigenvalue weighted by atomic mass is 9.88. The van der Waals surface area contributed by atoms with Gasteiger partial charge < -0.3 is 15.6 Å². The molecule has 1 saturated carbocycles. The van der Waals surface area contributed by atoms with Crippen LogP contribution in [0.4, 0.5) is 0 Å². The van der Waals surface area contributed by atoms with Crippen molar-refractivity contribution in [3.05, 3.63) is 29.8 Å². The highest BCUT2D eigenvalue weighted by atomic mass is 16.5. The van der Waals surface area contributed by atoms with E-state index in [0.29, 0.717) is 12.5 Å². The summed E-state index contributed by atoms with van der Waals surface area (Å²) < 4.78 is 5.70. The molecule has 1 atom stereocenters. The standard InChI is InChI=1S/C14H21NO2/c1-2-9-17-13-6-4-3-5-12(13)14(16,10-15)11-7-8-11/h3-6,11,16H,2,7-10,15H2,1H3. The van der Waals surface area contributed by atoms with E-state index < -0.39 is 5.60 Å². The predicted molar refractivity (Wildman–Crippen MR) is 67.9 cm³/mol. The minimum absolute atomic E-state index is 0.254. The molecule has 1 unspecified atom stereocenters. The second kappa shape index (κ2) is 5.07. The van der Waals surface area contributed by atoms with Crippen molar-refractivity contribution < 1.29 is 9.84 Å². The van der Waals surface area contributed by atoms with E-state index in [1.165, 1.54) is 0 Å². The second-order valence-electron chi connectivity index (χ2n) is 4.75. The van der Waals surface area contributed by atoms with Crippen LogP contribution in [-0.2, 0) is 5.60 Å². The van der Waals surface area contributed by atoms with Crippen LogP contribution in [0.15, 0.2) is 24.3 Å². The van der Waals surface area contributed by atoms with Crippen LogP contribution in [0.25, 0.3) is 0 Å². The quantitative estimate of drug-likeness (QED) is 0.793. The first kappa shape index (κ1) is 12.4. The van der Waals surface area contributed by atoms with E-state index in [0.717, 1.165) is 30.6 Å². The van der Waals surface area contributed by atoms with Gasteiger partial charge in [0.25, 0.3) is 0 Å². The summed E-state index contributed by atoms with van der Waals surface area (Å²) in [6.45, 7) is 2.99. The Morgan fingerprint density at radius 3 is 2.71 bits per heavy atom. The Morgan fingerprint density at radius 1 is 1.41 bits per heavy atom. The van der Waals surface area contributed by atoms with E-state index in [1.54, 1.807) is 0 Å². The van der Waals surface area contributed by atoms with Crippen molar-refractivity contribution in [1.29, 1.82) is 0 Å². The highest BCUT2D eigenvalue weighted by Crippen LogP contribution is 2.47. The highest BCUT2D eigenvalue weighted by molar-refractivity contribution is 5.39. The molecular weight excluding hydrogens is 214 g/mol. The SMILES string of the molecule is CCCOc1ccccc1C(O)(CN)C1CC1. The van der Waals surface area contributed by atoms with E-state index in [1.807, 2.05) is 24.3 Å². The first-order chi connectivity index (χ1) is 8.22. The Hall–Kier alpha value is -1.06. The molecule has 0 radical (unpaired) electrons. The monoisotopic (exact) mass is 235 g/mol. The van der Waals surface area contributed by atoms with E-state index in [9.17, 15) is 5.11 Å². The Morgan fingerprint density at radius 2 is 2.12 bits per heavy atom. The van der Waals surface area contributed by atoms with Crippen LogP contribution in [-0.4, -0.2) is 18.3 Å². The Labute approximate surface area is 103 Å². The molecule has 0 spiro atoms. The number of hydrogen-bond acceptors (Lipinski definition) is 3. The number of benzene rings is 1. The van der Waals surface area contributed by atoms with Gasteiger partial charge in [0.05, 0.1) is 6.61 Å². The average molecular weight is 235 g/mol. The van der Waals surface area contributed by atoms with Crippen LogP contribution >= 0.6 is 0 Å². The molecule has 2 rings (SSSR count). The van der Waals surface area contributed by atoms with Crippen LogP contribution in [0, 0.1) is 5.92 Å². The molecule has 17 heavy (non-hydrogen) atoms. The third-order valence-electron chi connectivity index (χ3n) is 3.38. The van der Waals surface area contributed by atoms with Gasteiger partial charge in [-0.3, -0.25) is 0 Å². The normalized spacial score (nSPS) is 18.8. The van der Waals surface area contributed by atoms with E-state index in [4.69, 9.17) is 10.5 Å². The minimum atomic E-state index is -0.912. The number of hydrogen-bond donors (Lipinski definition) is 2. The van der Waals surface area contributed by atoms with Crippen LogP contribution in [0.5, 0.6) is 5.75 Å². The minimum Gasteiger partial charge on any atom is -0.493 e. The average Bonchev–Trinajstić information content (AvgIpc) is 3.20. The van der Waals surface area contributed by atoms with Gasteiger partial charge >= 0.3 is 0 Å². The number of aliphatic hydroxyl groups is 1. The summed E-state index contributed by atoms with van der Waals surface area (Å²) in [6.07, 6.45) is 3.06. The van der Waals surface area contributed by atoms with Crippen molar-refractivity contribution in [3.63, 3.8) is 0 Å². The molecule has 0 amide bonds. The summed E-state index contributed by atoms with van der Waals surface area (Å²) in [5.41, 5.74) is 5.71. The van der Waals surface area contributed by atoms with Crippen molar-refractivity contribution in [2.45, 2.75) is 31.8 Å². The van der Waals surface area contributed by atoms with E-state index in [2.05, 4.69) is 6.92 Å². The molecule has 3 heteroatoms. The number of nitrogens with two attached hydrogens (primary N) is 1. The van der Waals surface area contributed by atoms with E-state index in [-0.39, 0.29) is 6.54 Å². The fourth-order valence-corrected chi connectivity index (χ4v) is 2.22. The summed E-state index contributed by atoms with van der Waals surface area (Å²) in [7, 11) is 0. The van der Waals surface area contributed by atoms with Crippen LogP contribution < -0.4 is 10.5 Å². The molecule has 0 aromatic heterocycles. The maximum atomic E-state index is 10.7. The van der Waals surface area contributed by atoms with Gasteiger partial charge in [-0.25, -0.2) is 0 Å². The third-order valence-corrected chi connectivity index (χ3v) is 3.38. The molecule has 3 N–H and O–H groups in total. The molecule has 0 saturated heterocycles. The molecule has 1 fully saturated rings. The molecule has 0 aliphatic heterocycles. The van der Waals surface area contributed by atoms with Gasteiger partial charge in [0, 0.05) is 12.1 Å². The molecule has 3 nitrogen and oxygen atoms in total. The molecule has 1 aromatic carbocycles. The second-order valence-corrected chi connectivity index (χ2v) is 4.75. The Kier molecular flexibility index (Phi) is 3.69. The Bertz CT molecular complexity index is 376. The fourth-order valence-electron chi connectivity index (χ4n) is 2.22. The maximum Gasteiger partial charge on any atom is 0.125 e. The number of para-hydroxylation sites is 1. The van der Waals surface area contributed by atoms with Gasteiger partial charge in [-0.05, 0) is 31.2 Å². The first-order valence-electron chi connectivity index (χ1n) is 6.37. The van der Waals surface area contributed by atoms with E-state index >= 15 is 0 Å². The fraction of sp³-hybridized carbons (Fsp3) is 0.571. The van der Waals surface area contributed by atoms with Gasteiger partial charge in [0.2, 0.25) is 0 Å². The third kappa shape index (κ3) is 2.45. The van der Waals surface area contributed by atoms with Crippen molar-refractivity contribution in [3.8, 4) is 5.75 Å². The summed E-state index contributed by atoms with van der Waals surface area (Å²) in [4.78, 5) is 0. The number of ether oxygens (including phenoxy) is 1. The smallest absolute Gasteiger partial charge is 0.125 e. The molecular formula is C14H21NO2. The van der Waals surface area contributed by atoms with Gasteiger partial charge in [-0.2, -0.15) is 0 Å². The van der Waals surface area contributed by atoms with Crippen molar-refractivity contribution in [2.24, 2.45) is 11.7 Å². The lowest BCUT2D eigenvalue weighted by Gasteiger charge is -2.29. The summed E-state index contributed by atoms with van der Waals surface area (Å²) in [6, 6.07) is 7.69. The van der Waals surface area contributed by atoms with Crippen LogP contribution in [0.3, 0.4) is 0 Å². The Balaban J connectivity index is 2.29. The van der Waals surface area contributed by atoms with Gasteiger partial charge in [0.15, 0.2) is 0 Å². The van der Waals surface area contributed by atoms with Crippen molar-refractivity contribution >= 4 is 0 Å². The predicted octanol–water partition coefficient (Wildman–Crippen LogP) is 2.03. The zero-order chi connectivity index (χ0) is 12.3. The lowest BCUT2D eigenvalue weighted by molar-refractivity contribution is 0.0194. The zero-order valence-corrected chi connectivity index (χ0v) is 10.4. The lowest BCUT2D eigenvalue weighted by Crippen LogP contribution is -2.37. The van der Waals surface area contributed by atoms with Crippen LogP contribution in [0.1, 0.15) is 31.7 Å². The number of rotatable bonds is 6. The largest absolute Gasteiger partial charge is 0.493 e. The molecule has 1 aromatic rings. The molecule has 1 aliphatic carbocycles. The van der Waals surface area contributed by atoms with Crippen molar-refractivity contribution in [1.82, 2.24) is 0 Å². The molecule has 94 valence electrons. The summed E-state index contributed by atoms with van der Waals surface area (Å²) >= 11 is 0. The van der Waals surface area contributed by atoms with Gasteiger partial charge in [-0.15, -0.1) is 0 Å².